The summed E-state index contributed by atoms with van der Waals surface area (Å²) in [7, 11) is 0. The lowest BCUT2D eigenvalue weighted by Gasteiger charge is -1.89. The number of nitrogens with zero attached hydrogens (tertiary/aromatic N) is 1. The molecule has 0 aliphatic carbocycles. The zero-order valence-electron chi connectivity index (χ0n) is 8.30. The summed E-state index contributed by atoms with van der Waals surface area (Å²) in [6.07, 6.45) is 1.31. The predicted molar refractivity (Wildman–Crippen MR) is 56.3 cm³/mol. The van der Waals surface area contributed by atoms with Crippen LogP contribution in [0.1, 0.15) is 20.7 Å². The number of carboxylic acids is 2. The summed E-state index contributed by atoms with van der Waals surface area (Å²) in [4.78, 5) is 33.4. The van der Waals surface area contributed by atoms with Crippen molar-refractivity contribution in [3.63, 3.8) is 0 Å². The molecule has 0 aliphatic heterocycles. The van der Waals surface area contributed by atoms with Crippen LogP contribution in [0.3, 0.4) is 0 Å². The van der Waals surface area contributed by atoms with Crippen molar-refractivity contribution in [2.75, 3.05) is 0 Å². The van der Waals surface area contributed by atoms with Gasteiger partial charge in [0.25, 0.3) is 0 Å². The SMILES string of the molecule is O=C(O)c1cc2cn[nH]c2cc(C(=O)O)c1=O. The van der Waals surface area contributed by atoms with Crippen LogP contribution in [-0.2, 0) is 0 Å². The lowest BCUT2D eigenvalue weighted by atomic mass is 10.2. The predicted octanol–water partition coefficient (Wildman–Crippen LogP) is 0.319. The number of hydrogen-bond acceptors (Lipinski definition) is 4. The van der Waals surface area contributed by atoms with E-state index in [-0.39, 0.29) is 5.52 Å². The summed E-state index contributed by atoms with van der Waals surface area (Å²) in [5, 5.41) is 24.2. The van der Waals surface area contributed by atoms with Crippen molar-refractivity contribution in [1.82, 2.24) is 10.2 Å². The average molecular weight is 234 g/mol. The molecule has 0 unspecified atom stereocenters. The highest BCUT2D eigenvalue weighted by molar-refractivity contribution is 5.97. The van der Waals surface area contributed by atoms with E-state index < -0.39 is 28.5 Å². The number of H-pyrrole nitrogens is 1. The molecule has 1 heterocycles. The smallest absolute Gasteiger partial charge is 0.339 e. The quantitative estimate of drug-likeness (QED) is 0.688. The van der Waals surface area contributed by atoms with Crippen LogP contribution in [0.4, 0.5) is 0 Å². The van der Waals surface area contributed by atoms with Gasteiger partial charge in [-0.15, -0.1) is 0 Å². The van der Waals surface area contributed by atoms with Gasteiger partial charge in [-0.2, -0.15) is 5.10 Å². The molecule has 7 heteroatoms. The Morgan fingerprint density at radius 3 is 2.29 bits per heavy atom. The van der Waals surface area contributed by atoms with Gasteiger partial charge in [0.05, 0.1) is 11.7 Å². The van der Waals surface area contributed by atoms with E-state index in [2.05, 4.69) is 10.2 Å². The van der Waals surface area contributed by atoms with Crippen LogP contribution in [0.5, 0.6) is 0 Å². The van der Waals surface area contributed by atoms with Crippen LogP contribution in [0.25, 0.3) is 10.9 Å². The molecule has 17 heavy (non-hydrogen) atoms. The van der Waals surface area contributed by atoms with Crippen molar-refractivity contribution in [1.29, 1.82) is 0 Å². The Balaban J connectivity index is 3.00. The molecule has 0 amide bonds. The zero-order valence-corrected chi connectivity index (χ0v) is 8.30. The Morgan fingerprint density at radius 1 is 1.12 bits per heavy atom. The van der Waals surface area contributed by atoms with Gasteiger partial charge < -0.3 is 10.2 Å². The molecule has 2 rings (SSSR count). The molecule has 86 valence electrons. The highest BCUT2D eigenvalue weighted by Gasteiger charge is 2.16. The van der Waals surface area contributed by atoms with E-state index in [4.69, 9.17) is 10.2 Å². The highest BCUT2D eigenvalue weighted by Crippen LogP contribution is 2.11. The lowest BCUT2D eigenvalue weighted by Crippen LogP contribution is -2.19. The highest BCUT2D eigenvalue weighted by atomic mass is 16.4. The molecule has 0 fully saturated rings. The van der Waals surface area contributed by atoms with Crippen molar-refractivity contribution >= 4 is 22.8 Å². The third kappa shape index (κ3) is 1.73. The van der Waals surface area contributed by atoms with Gasteiger partial charge in [-0.25, -0.2) is 9.59 Å². The third-order valence-electron chi connectivity index (χ3n) is 2.24. The molecule has 0 atom stereocenters. The number of nitrogens with one attached hydrogen (secondary N) is 1. The van der Waals surface area contributed by atoms with E-state index >= 15 is 0 Å². The minimum absolute atomic E-state index is 0.284. The maximum atomic E-state index is 11.7. The fourth-order valence-electron chi connectivity index (χ4n) is 1.43. The number of hydrogen-bond donors (Lipinski definition) is 3. The molecule has 1 aromatic heterocycles. The number of rotatable bonds is 2. The third-order valence-corrected chi connectivity index (χ3v) is 2.24. The molecule has 2 aromatic rings. The maximum absolute atomic E-state index is 11.7. The number of fused-ring (bicyclic) bond motifs is 1. The first-order valence-corrected chi connectivity index (χ1v) is 4.48. The van der Waals surface area contributed by atoms with Gasteiger partial charge in [-0.1, -0.05) is 0 Å². The topological polar surface area (TPSA) is 120 Å². The van der Waals surface area contributed by atoms with Gasteiger partial charge in [0.2, 0.25) is 5.43 Å². The molecular formula is C10H6N2O5. The molecule has 0 saturated carbocycles. The summed E-state index contributed by atoms with van der Waals surface area (Å²) in [5.74, 6) is -2.96. The van der Waals surface area contributed by atoms with Crippen LogP contribution < -0.4 is 5.43 Å². The van der Waals surface area contributed by atoms with Crippen molar-refractivity contribution in [3.05, 3.63) is 39.7 Å². The van der Waals surface area contributed by atoms with Crippen molar-refractivity contribution in [3.8, 4) is 0 Å². The monoisotopic (exact) mass is 234 g/mol. The Kier molecular flexibility index (Phi) is 2.36. The second kappa shape index (κ2) is 3.71. The minimum Gasteiger partial charge on any atom is -0.478 e. The molecule has 3 N–H and O–H groups in total. The second-order valence-electron chi connectivity index (χ2n) is 3.29. The summed E-state index contributed by atoms with van der Waals surface area (Å²) >= 11 is 0. The first kappa shape index (κ1) is 10.8. The van der Waals surface area contributed by atoms with E-state index in [0.29, 0.717) is 5.39 Å². The van der Waals surface area contributed by atoms with E-state index in [0.717, 1.165) is 12.1 Å². The molecule has 0 bridgehead atoms. The average Bonchev–Trinajstić information content (AvgIpc) is 2.62. The molecule has 7 nitrogen and oxygen atoms in total. The standard InChI is InChI=1S/C10H6N2O5/c13-8-5(9(14)15)1-4-3-11-12-7(4)2-6(8)10(16)17/h1-3H,(H,11,12)(H,14,15)(H,16,17). The van der Waals surface area contributed by atoms with Crippen LogP contribution in [0.15, 0.2) is 23.1 Å². The largest absolute Gasteiger partial charge is 0.478 e. The molecule has 0 aliphatic rings. The molecule has 0 saturated heterocycles. The number of aromatic amines is 1. The number of aromatic carboxylic acids is 2. The number of aromatic nitrogens is 2. The minimum atomic E-state index is -1.48. The Bertz CT molecular complexity index is 634. The Hall–Kier alpha value is -2.70. The van der Waals surface area contributed by atoms with E-state index in [1.165, 1.54) is 6.20 Å². The Morgan fingerprint density at radius 2 is 1.71 bits per heavy atom. The molecule has 0 radical (unpaired) electrons. The summed E-state index contributed by atoms with van der Waals surface area (Å²) in [6.45, 7) is 0. The van der Waals surface area contributed by atoms with Crippen LogP contribution in [0.2, 0.25) is 0 Å². The fraction of sp³-hybridized carbons (Fsp3) is 0. The maximum Gasteiger partial charge on any atom is 0.339 e. The van der Waals surface area contributed by atoms with Crippen LogP contribution in [-0.4, -0.2) is 32.3 Å². The van der Waals surface area contributed by atoms with Gasteiger partial charge in [-0.05, 0) is 12.1 Å². The summed E-state index contributed by atoms with van der Waals surface area (Å²) in [5.41, 5.74) is -1.96. The molecular weight excluding hydrogens is 228 g/mol. The first-order valence-electron chi connectivity index (χ1n) is 4.48. The lowest BCUT2D eigenvalue weighted by molar-refractivity contribution is 0.0695. The van der Waals surface area contributed by atoms with Crippen molar-refractivity contribution in [2.45, 2.75) is 0 Å². The summed E-state index contributed by atoms with van der Waals surface area (Å²) < 4.78 is 0. The van der Waals surface area contributed by atoms with Gasteiger partial charge in [0, 0.05) is 5.39 Å². The molecule has 0 spiro atoms. The second-order valence-corrected chi connectivity index (χ2v) is 3.29. The van der Waals surface area contributed by atoms with E-state index in [9.17, 15) is 14.4 Å². The Labute approximate surface area is 93.3 Å². The zero-order chi connectivity index (χ0) is 12.6. The normalized spacial score (nSPS) is 10.4. The summed E-state index contributed by atoms with van der Waals surface area (Å²) in [6, 6.07) is 2.16. The van der Waals surface area contributed by atoms with Gasteiger partial charge >= 0.3 is 11.9 Å². The van der Waals surface area contributed by atoms with E-state index in [1.807, 2.05) is 0 Å². The van der Waals surface area contributed by atoms with E-state index in [1.54, 1.807) is 0 Å². The molecule has 1 aromatic carbocycles. The van der Waals surface area contributed by atoms with Gasteiger partial charge in [-0.3, -0.25) is 9.89 Å². The first-order chi connectivity index (χ1) is 8.00. The number of carboxylic acid groups (broad SMARTS) is 2. The van der Waals surface area contributed by atoms with Crippen LogP contribution >= 0.6 is 0 Å². The number of carbonyl (C=O) groups is 2. The van der Waals surface area contributed by atoms with Gasteiger partial charge in [0.1, 0.15) is 11.1 Å². The van der Waals surface area contributed by atoms with Crippen molar-refractivity contribution in [2.24, 2.45) is 0 Å². The van der Waals surface area contributed by atoms with Crippen molar-refractivity contribution < 1.29 is 19.8 Å². The fourth-order valence-corrected chi connectivity index (χ4v) is 1.43. The van der Waals surface area contributed by atoms with Gasteiger partial charge in [0.15, 0.2) is 0 Å². The van der Waals surface area contributed by atoms with Crippen LogP contribution in [0, 0.1) is 0 Å².